The summed E-state index contributed by atoms with van der Waals surface area (Å²) in [6.45, 7) is 4.41. The summed E-state index contributed by atoms with van der Waals surface area (Å²) in [6, 6.07) is 6.14. The number of anilines is 1. The van der Waals surface area contributed by atoms with E-state index in [1.165, 1.54) is 0 Å². The molecule has 0 saturated heterocycles. The molecule has 0 aliphatic rings. The van der Waals surface area contributed by atoms with Crippen molar-refractivity contribution in [1.29, 1.82) is 0 Å². The van der Waals surface area contributed by atoms with Gasteiger partial charge in [0.25, 0.3) is 5.88 Å². The Kier molecular flexibility index (Phi) is 5.12. The lowest BCUT2D eigenvalue weighted by Crippen LogP contribution is -2.06. The molecule has 0 saturated carbocycles. The highest BCUT2D eigenvalue weighted by atomic mass is 79.9. The normalized spacial score (nSPS) is 10.5. The van der Waals surface area contributed by atoms with E-state index in [1.807, 2.05) is 26.0 Å². The monoisotopic (exact) mass is 356 g/mol. The number of nitrogens with zero attached hydrogens (tertiary/aromatic N) is 1. The fourth-order valence-electron chi connectivity index (χ4n) is 1.68. The van der Waals surface area contributed by atoms with Gasteiger partial charge in [0.2, 0.25) is 0 Å². The van der Waals surface area contributed by atoms with Crippen molar-refractivity contribution in [3.8, 4) is 11.6 Å². The number of nitrogens with one attached hydrogen (secondary N) is 1. The Bertz CT molecular complexity index is 650. The molecule has 1 aromatic carbocycles. The highest BCUT2D eigenvalue weighted by molar-refractivity contribution is 9.10. The molecule has 1 N–H and O–H groups in total. The van der Waals surface area contributed by atoms with Crippen LogP contribution < -0.4 is 10.1 Å². The van der Waals surface area contributed by atoms with E-state index in [0.29, 0.717) is 16.8 Å². The molecule has 0 atom stereocenters. The first-order chi connectivity index (χ1) is 10.0. The van der Waals surface area contributed by atoms with E-state index >= 15 is 0 Å². The fraction of sp³-hybridized carbons (Fsp3) is 0.267. The van der Waals surface area contributed by atoms with Crippen molar-refractivity contribution in [1.82, 2.24) is 4.98 Å². The number of aromatic nitrogens is 1. The maximum Gasteiger partial charge on any atom is 0.258 e. The number of pyridine rings is 1. The molecule has 112 valence electrons. The van der Waals surface area contributed by atoms with Crippen molar-refractivity contribution < 1.29 is 13.5 Å². The number of ether oxygens (including phenoxy) is 1. The van der Waals surface area contributed by atoms with Crippen LogP contribution in [0.3, 0.4) is 0 Å². The van der Waals surface area contributed by atoms with Crippen LogP contribution in [-0.4, -0.2) is 11.5 Å². The van der Waals surface area contributed by atoms with Gasteiger partial charge in [0.1, 0.15) is 5.75 Å². The van der Waals surface area contributed by atoms with Crippen molar-refractivity contribution in [2.45, 2.75) is 20.3 Å². The zero-order valence-electron chi connectivity index (χ0n) is 11.7. The molecule has 2 aromatic rings. The van der Waals surface area contributed by atoms with E-state index < -0.39 is 11.6 Å². The average Bonchev–Trinajstić information content (AvgIpc) is 2.43. The summed E-state index contributed by atoms with van der Waals surface area (Å²) >= 11 is 3.34. The first-order valence-electron chi connectivity index (χ1n) is 6.55. The minimum atomic E-state index is -0.845. The van der Waals surface area contributed by atoms with Crippen LogP contribution in [0.15, 0.2) is 28.7 Å². The first-order valence-corrected chi connectivity index (χ1v) is 7.34. The summed E-state index contributed by atoms with van der Waals surface area (Å²) in [7, 11) is 0. The zero-order valence-corrected chi connectivity index (χ0v) is 13.3. The molecule has 0 aliphatic heterocycles. The molecule has 0 unspecified atom stereocenters. The quantitative estimate of drug-likeness (QED) is 0.814. The largest absolute Gasteiger partial charge is 0.435 e. The molecular weight excluding hydrogens is 342 g/mol. The van der Waals surface area contributed by atoms with Gasteiger partial charge in [0.05, 0.1) is 4.47 Å². The van der Waals surface area contributed by atoms with Crippen LogP contribution in [0.5, 0.6) is 11.6 Å². The van der Waals surface area contributed by atoms with Gasteiger partial charge in [0, 0.05) is 12.6 Å². The molecule has 0 radical (unpaired) electrons. The van der Waals surface area contributed by atoms with Crippen LogP contribution in [0.25, 0.3) is 0 Å². The molecule has 0 fully saturated rings. The topological polar surface area (TPSA) is 34.2 Å². The maximum absolute atomic E-state index is 13.8. The van der Waals surface area contributed by atoms with E-state index in [-0.39, 0.29) is 11.7 Å². The van der Waals surface area contributed by atoms with Crippen molar-refractivity contribution in [2.24, 2.45) is 0 Å². The molecule has 0 spiro atoms. The SMILES string of the molecule is CCCNc1nc(Oc2ccc(C)cc2Br)c(F)cc1F. The predicted octanol–water partition coefficient (Wildman–Crippen LogP) is 5.04. The lowest BCUT2D eigenvalue weighted by atomic mass is 10.2. The van der Waals surface area contributed by atoms with E-state index in [9.17, 15) is 8.78 Å². The van der Waals surface area contributed by atoms with Crippen molar-refractivity contribution in [3.05, 3.63) is 45.9 Å². The molecular formula is C15H15BrF2N2O. The summed E-state index contributed by atoms with van der Waals surface area (Å²) < 4.78 is 33.5. The van der Waals surface area contributed by atoms with Gasteiger partial charge >= 0.3 is 0 Å². The standard InChI is InChI=1S/C15H15BrF2N2O/c1-3-6-19-14-11(17)8-12(18)15(20-14)21-13-5-4-9(2)7-10(13)16/h4-5,7-8H,3,6H2,1-2H3,(H,19,20). The van der Waals surface area contributed by atoms with Crippen LogP contribution >= 0.6 is 15.9 Å². The van der Waals surface area contributed by atoms with Crippen LogP contribution in [0, 0.1) is 18.6 Å². The zero-order chi connectivity index (χ0) is 15.4. The summed E-state index contributed by atoms with van der Waals surface area (Å²) in [5.74, 6) is -1.45. The smallest absolute Gasteiger partial charge is 0.258 e. The third-order valence-corrected chi connectivity index (χ3v) is 3.35. The number of hydrogen-bond acceptors (Lipinski definition) is 3. The lowest BCUT2D eigenvalue weighted by molar-refractivity contribution is 0.416. The van der Waals surface area contributed by atoms with E-state index in [0.717, 1.165) is 18.1 Å². The second-order valence-corrected chi connectivity index (χ2v) is 5.42. The summed E-state index contributed by atoms with van der Waals surface area (Å²) in [5.41, 5.74) is 1.03. The average molecular weight is 357 g/mol. The van der Waals surface area contributed by atoms with Crippen molar-refractivity contribution >= 4 is 21.7 Å². The minimum Gasteiger partial charge on any atom is -0.435 e. The molecule has 21 heavy (non-hydrogen) atoms. The lowest BCUT2D eigenvalue weighted by Gasteiger charge is -2.11. The number of benzene rings is 1. The number of hydrogen-bond donors (Lipinski definition) is 1. The fourth-order valence-corrected chi connectivity index (χ4v) is 2.26. The van der Waals surface area contributed by atoms with Gasteiger partial charge in [-0.15, -0.1) is 0 Å². The van der Waals surface area contributed by atoms with Crippen LogP contribution in [0.2, 0.25) is 0 Å². The van der Waals surface area contributed by atoms with Gasteiger partial charge in [0.15, 0.2) is 17.5 Å². The first kappa shape index (κ1) is 15.7. The van der Waals surface area contributed by atoms with Crippen LogP contribution in [0.1, 0.15) is 18.9 Å². The summed E-state index contributed by atoms with van der Waals surface area (Å²) in [4.78, 5) is 3.86. The third kappa shape index (κ3) is 3.91. The van der Waals surface area contributed by atoms with E-state index in [2.05, 4.69) is 26.2 Å². The molecule has 3 nitrogen and oxygen atoms in total. The molecule has 2 rings (SSSR count). The van der Waals surface area contributed by atoms with Gasteiger partial charge < -0.3 is 10.1 Å². The summed E-state index contributed by atoms with van der Waals surface area (Å²) in [6.07, 6.45) is 0.804. The van der Waals surface area contributed by atoms with Gasteiger partial charge in [-0.25, -0.2) is 8.78 Å². The Labute approximate surface area is 130 Å². The van der Waals surface area contributed by atoms with Gasteiger partial charge in [-0.05, 0) is 47.0 Å². The molecule has 6 heteroatoms. The number of aryl methyl sites for hydroxylation is 1. The Morgan fingerprint density at radius 1 is 1.24 bits per heavy atom. The van der Waals surface area contributed by atoms with Crippen molar-refractivity contribution in [2.75, 3.05) is 11.9 Å². The molecule has 1 heterocycles. The third-order valence-electron chi connectivity index (χ3n) is 2.73. The maximum atomic E-state index is 13.8. The minimum absolute atomic E-state index is 0.0171. The second kappa shape index (κ2) is 6.85. The molecule has 0 amide bonds. The Morgan fingerprint density at radius 3 is 2.67 bits per heavy atom. The molecule has 0 aliphatic carbocycles. The van der Waals surface area contributed by atoms with Gasteiger partial charge in [-0.2, -0.15) is 4.98 Å². The second-order valence-electron chi connectivity index (χ2n) is 4.57. The Balaban J connectivity index is 2.30. The van der Waals surface area contributed by atoms with E-state index in [1.54, 1.807) is 6.07 Å². The number of halogens is 3. The Hall–Kier alpha value is -1.69. The van der Waals surface area contributed by atoms with Crippen molar-refractivity contribution in [3.63, 3.8) is 0 Å². The van der Waals surface area contributed by atoms with Gasteiger partial charge in [-0.3, -0.25) is 0 Å². The molecule has 1 aromatic heterocycles. The summed E-state index contributed by atoms with van der Waals surface area (Å²) in [5, 5.41) is 2.80. The van der Waals surface area contributed by atoms with Crippen LogP contribution in [0.4, 0.5) is 14.6 Å². The Morgan fingerprint density at radius 2 is 2.00 bits per heavy atom. The number of rotatable bonds is 5. The van der Waals surface area contributed by atoms with Crippen LogP contribution in [-0.2, 0) is 0 Å². The van der Waals surface area contributed by atoms with Gasteiger partial charge in [-0.1, -0.05) is 13.0 Å². The predicted molar refractivity (Wildman–Crippen MR) is 81.9 cm³/mol. The highest BCUT2D eigenvalue weighted by Gasteiger charge is 2.14. The highest BCUT2D eigenvalue weighted by Crippen LogP contribution is 2.31. The molecule has 0 bridgehead atoms. The van der Waals surface area contributed by atoms with E-state index in [4.69, 9.17) is 4.74 Å².